The van der Waals surface area contributed by atoms with Gasteiger partial charge in [0.05, 0.1) is 17.6 Å². The number of benzene rings is 1. The molecule has 1 atom stereocenters. The summed E-state index contributed by atoms with van der Waals surface area (Å²) in [6.07, 6.45) is 0. The van der Waals surface area contributed by atoms with Crippen molar-refractivity contribution in [2.24, 2.45) is 0 Å². The summed E-state index contributed by atoms with van der Waals surface area (Å²) in [5.74, 6) is 0.00891. The Morgan fingerprint density at radius 3 is 2.63 bits per heavy atom. The summed E-state index contributed by atoms with van der Waals surface area (Å²) in [7, 11) is 0. The molecule has 0 saturated carbocycles. The van der Waals surface area contributed by atoms with Gasteiger partial charge in [0.25, 0.3) is 0 Å². The second-order valence-electron chi connectivity index (χ2n) is 4.44. The van der Waals surface area contributed by atoms with Crippen molar-refractivity contribution in [3.8, 4) is 0 Å². The number of thioether (sulfide) groups is 1. The summed E-state index contributed by atoms with van der Waals surface area (Å²) in [5, 5.41) is -0.245. The maximum Gasteiger partial charge on any atom is 0.315 e. The molecule has 0 saturated heterocycles. The topological polar surface area (TPSA) is 43.4 Å². The minimum atomic E-state index is -0.270. The predicted molar refractivity (Wildman–Crippen MR) is 78.8 cm³/mol. The Morgan fingerprint density at radius 1 is 1.32 bits per heavy atom. The van der Waals surface area contributed by atoms with Gasteiger partial charge in [-0.05, 0) is 39.3 Å². The van der Waals surface area contributed by atoms with E-state index in [-0.39, 0.29) is 22.8 Å². The molecule has 0 aliphatic rings. The maximum absolute atomic E-state index is 12.3. The Morgan fingerprint density at radius 2 is 2.00 bits per heavy atom. The van der Waals surface area contributed by atoms with E-state index >= 15 is 0 Å². The molecule has 0 spiro atoms. The number of ketones is 1. The van der Waals surface area contributed by atoms with Crippen molar-refractivity contribution >= 4 is 23.5 Å². The van der Waals surface area contributed by atoms with Gasteiger partial charge in [-0.25, -0.2) is 0 Å². The molecule has 0 bridgehead atoms. The molecule has 1 aromatic carbocycles. The lowest BCUT2D eigenvalue weighted by atomic mass is 10.0. The van der Waals surface area contributed by atoms with E-state index in [0.29, 0.717) is 6.61 Å². The molecule has 104 valence electrons. The SMILES string of the molecule is CCOC(=O)CSC(C)C(=O)c1cc(C)ccc1C. The van der Waals surface area contributed by atoms with Crippen LogP contribution in [-0.4, -0.2) is 29.4 Å². The van der Waals surface area contributed by atoms with Gasteiger partial charge < -0.3 is 4.74 Å². The summed E-state index contributed by atoms with van der Waals surface area (Å²) >= 11 is 1.32. The fourth-order valence-corrected chi connectivity index (χ4v) is 2.44. The highest BCUT2D eigenvalue weighted by Gasteiger charge is 2.19. The van der Waals surface area contributed by atoms with Crippen molar-refractivity contribution in [1.29, 1.82) is 0 Å². The fourth-order valence-electron chi connectivity index (χ4n) is 1.69. The number of Topliss-reactive ketones (excluding diaryl/α,β-unsaturated/α-hetero) is 1. The summed E-state index contributed by atoms with van der Waals surface area (Å²) < 4.78 is 4.85. The highest BCUT2D eigenvalue weighted by molar-refractivity contribution is 8.01. The Labute approximate surface area is 118 Å². The van der Waals surface area contributed by atoms with Gasteiger partial charge in [0.1, 0.15) is 0 Å². The molecule has 3 nitrogen and oxygen atoms in total. The van der Waals surface area contributed by atoms with Gasteiger partial charge >= 0.3 is 5.97 Å². The maximum atomic E-state index is 12.3. The van der Waals surface area contributed by atoms with Crippen molar-refractivity contribution in [1.82, 2.24) is 0 Å². The summed E-state index contributed by atoms with van der Waals surface area (Å²) in [5.41, 5.74) is 2.78. The minimum absolute atomic E-state index is 0.0653. The molecule has 19 heavy (non-hydrogen) atoms. The minimum Gasteiger partial charge on any atom is -0.465 e. The molecule has 0 radical (unpaired) electrons. The van der Waals surface area contributed by atoms with Crippen LogP contribution < -0.4 is 0 Å². The quantitative estimate of drug-likeness (QED) is 0.593. The summed E-state index contributed by atoms with van der Waals surface area (Å²) in [6.45, 7) is 7.86. The monoisotopic (exact) mass is 280 g/mol. The highest BCUT2D eigenvalue weighted by Crippen LogP contribution is 2.20. The van der Waals surface area contributed by atoms with Crippen LogP contribution in [0.2, 0.25) is 0 Å². The van der Waals surface area contributed by atoms with Crippen LogP contribution >= 0.6 is 11.8 Å². The van der Waals surface area contributed by atoms with Crippen LogP contribution in [0, 0.1) is 13.8 Å². The van der Waals surface area contributed by atoms with Crippen molar-refractivity contribution in [3.63, 3.8) is 0 Å². The number of esters is 1. The first-order chi connectivity index (χ1) is 8.95. The number of carbonyl (C=O) groups is 2. The number of rotatable bonds is 6. The zero-order chi connectivity index (χ0) is 14.4. The van der Waals surface area contributed by atoms with Gasteiger partial charge in [-0.15, -0.1) is 11.8 Å². The third-order valence-corrected chi connectivity index (χ3v) is 3.90. The molecular formula is C15H20O3S. The highest BCUT2D eigenvalue weighted by atomic mass is 32.2. The van der Waals surface area contributed by atoms with Crippen molar-refractivity contribution in [3.05, 3.63) is 34.9 Å². The average Bonchev–Trinajstić information content (AvgIpc) is 2.38. The van der Waals surface area contributed by atoms with Crippen LogP contribution in [0.3, 0.4) is 0 Å². The average molecular weight is 280 g/mol. The van der Waals surface area contributed by atoms with E-state index in [1.54, 1.807) is 6.92 Å². The lowest BCUT2D eigenvalue weighted by Gasteiger charge is -2.12. The first-order valence-electron chi connectivity index (χ1n) is 6.34. The lowest BCUT2D eigenvalue weighted by molar-refractivity contribution is -0.139. The zero-order valence-corrected chi connectivity index (χ0v) is 12.7. The third kappa shape index (κ3) is 4.71. The van der Waals surface area contributed by atoms with E-state index < -0.39 is 0 Å². The zero-order valence-electron chi connectivity index (χ0n) is 11.9. The summed E-state index contributed by atoms with van der Waals surface area (Å²) in [6, 6.07) is 5.84. The van der Waals surface area contributed by atoms with Gasteiger partial charge in [-0.2, -0.15) is 0 Å². The number of hydrogen-bond acceptors (Lipinski definition) is 4. The molecule has 0 aliphatic heterocycles. The van der Waals surface area contributed by atoms with Gasteiger partial charge in [0.15, 0.2) is 5.78 Å². The van der Waals surface area contributed by atoms with Crippen LogP contribution in [0.25, 0.3) is 0 Å². The number of carbonyl (C=O) groups excluding carboxylic acids is 2. The van der Waals surface area contributed by atoms with E-state index in [1.807, 2.05) is 39.0 Å². The van der Waals surface area contributed by atoms with Crippen LogP contribution in [-0.2, 0) is 9.53 Å². The van der Waals surface area contributed by atoms with Crippen LogP contribution in [0.4, 0.5) is 0 Å². The molecule has 1 aromatic rings. The van der Waals surface area contributed by atoms with E-state index in [1.165, 1.54) is 11.8 Å². The Kier molecular flexibility index (Phi) is 6.09. The Bertz CT molecular complexity index is 468. The standard InChI is InChI=1S/C15H20O3S/c1-5-18-14(16)9-19-12(4)15(17)13-8-10(2)6-7-11(13)3/h6-8,12H,5,9H2,1-4H3. The fraction of sp³-hybridized carbons (Fsp3) is 0.467. The molecule has 0 heterocycles. The number of hydrogen-bond donors (Lipinski definition) is 0. The van der Waals surface area contributed by atoms with Crippen LogP contribution in [0.15, 0.2) is 18.2 Å². The van der Waals surface area contributed by atoms with E-state index in [9.17, 15) is 9.59 Å². The van der Waals surface area contributed by atoms with Gasteiger partial charge in [-0.3, -0.25) is 9.59 Å². The number of aryl methyl sites for hydroxylation is 2. The van der Waals surface area contributed by atoms with Gasteiger partial charge in [0.2, 0.25) is 0 Å². The first-order valence-corrected chi connectivity index (χ1v) is 7.39. The molecular weight excluding hydrogens is 260 g/mol. The van der Waals surface area contributed by atoms with Crippen molar-refractivity contribution in [2.45, 2.75) is 32.9 Å². The third-order valence-electron chi connectivity index (χ3n) is 2.78. The molecule has 0 amide bonds. The van der Waals surface area contributed by atoms with E-state index in [0.717, 1.165) is 16.7 Å². The largest absolute Gasteiger partial charge is 0.465 e. The van der Waals surface area contributed by atoms with Crippen molar-refractivity contribution < 1.29 is 14.3 Å². The molecule has 0 fully saturated rings. The van der Waals surface area contributed by atoms with E-state index in [2.05, 4.69) is 0 Å². The molecule has 0 N–H and O–H groups in total. The lowest BCUT2D eigenvalue weighted by Crippen LogP contribution is -2.18. The molecule has 1 unspecified atom stereocenters. The molecule has 1 rings (SSSR count). The van der Waals surface area contributed by atoms with Crippen LogP contribution in [0.1, 0.15) is 35.3 Å². The second kappa shape index (κ2) is 7.34. The number of ether oxygens (including phenoxy) is 1. The van der Waals surface area contributed by atoms with Gasteiger partial charge in [-0.1, -0.05) is 17.7 Å². The van der Waals surface area contributed by atoms with E-state index in [4.69, 9.17) is 4.74 Å². The molecule has 4 heteroatoms. The Balaban J connectivity index is 2.66. The smallest absolute Gasteiger partial charge is 0.315 e. The normalized spacial score (nSPS) is 12.0. The van der Waals surface area contributed by atoms with Crippen molar-refractivity contribution in [2.75, 3.05) is 12.4 Å². The summed E-state index contributed by atoms with van der Waals surface area (Å²) in [4.78, 5) is 23.6. The molecule has 0 aromatic heterocycles. The first kappa shape index (κ1) is 15.8. The molecule has 0 aliphatic carbocycles. The Hall–Kier alpha value is -1.29. The predicted octanol–water partition coefficient (Wildman–Crippen LogP) is 3.17. The second-order valence-corrected chi connectivity index (χ2v) is 5.77. The van der Waals surface area contributed by atoms with Gasteiger partial charge in [0, 0.05) is 5.56 Å². The van der Waals surface area contributed by atoms with Crippen LogP contribution in [0.5, 0.6) is 0 Å².